The number of nitrogens with zero attached hydrogens (tertiary/aromatic N) is 1. The Labute approximate surface area is 124 Å². The minimum Gasteiger partial charge on any atom is -0.377 e. The van der Waals surface area contributed by atoms with Crippen LogP contribution in [0.4, 0.5) is 0 Å². The van der Waals surface area contributed by atoms with Crippen LogP contribution in [0.5, 0.6) is 0 Å². The molecule has 0 aliphatic heterocycles. The van der Waals surface area contributed by atoms with Crippen molar-refractivity contribution in [2.24, 2.45) is 5.73 Å². The Morgan fingerprint density at radius 1 is 1.20 bits per heavy atom. The lowest BCUT2D eigenvalue weighted by Crippen LogP contribution is -1.96. The maximum Gasteiger partial charge on any atom is 0.123 e. The first kappa shape index (κ1) is 15.2. The second-order valence-electron chi connectivity index (χ2n) is 4.80. The molecule has 0 fully saturated rings. The lowest BCUT2D eigenvalue weighted by Gasteiger charge is -2.04. The molecule has 108 valence electrons. The van der Waals surface area contributed by atoms with Gasteiger partial charge in [-0.1, -0.05) is 44.0 Å². The highest BCUT2D eigenvalue weighted by Crippen LogP contribution is 2.24. The number of aromatic nitrogens is 1. The Kier molecular flexibility index (Phi) is 6.18. The summed E-state index contributed by atoms with van der Waals surface area (Å²) in [6, 6.07) is 8.42. The van der Waals surface area contributed by atoms with Crippen molar-refractivity contribution >= 4 is 11.3 Å². The second kappa shape index (κ2) is 8.15. The minimum atomic E-state index is 0.500. The van der Waals surface area contributed by atoms with Crippen molar-refractivity contribution in [1.29, 1.82) is 0 Å². The maximum absolute atomic E-state index is 5.66. The summed E-state index contributed by atoms with van der Waals surface area (Å²) in [6.45, 7) is 4.24. The van der Waals surface area contributed by atoms with Crippen LogP contribution in [0.15, 0.2) is 29.6 Å². The third-order valence-corrected chi connectivity index (χ3v) is 4.06. The van der Waals surface area contributed by atoms with Crippen LogP contribution in [0, 0.1) is 0 Å². The molecule has 2 N–H and O–H groups in total. The molecule has 0 atom stereocenters. The van der Waals surface area contributed by atoms with Gasteiger partial charge in [-0.15, -0.1) is 11.3 Å². The van der Waals surface area contributed by atoms with Crippen LogP contribution >= 0.6 is 11.3 Å². The standard InChI is InChI=1S/C16H22N2OS/c1-2-3-4-9-19-11-13-5-7-14(8-6-13)16-18-15(10-17)12-20-16/h5-8,12H,2-4,9-11,17H2,1H3. The van der Waals surface area contributed by atoms with Crippen molar-refractivity contribution in [1.82, 2.24) is 4.98 Å². The summed E-state index contributed by atoms with van der Waals surface area (Å²) in [4.78, 5) is 4.49. The Bertz CT molecular complexity index is 507. The molecule has 20 heavy (non-hydrogen) atoms. The van der Waals surface area contributed by atoms with Crippen molar-refractivity contribution < 1.29 is 4.74 Å². The Morgan fingerprint density at radius 3 is 2.65 bits per heavy atom. The molecule has 0 saturated heterocycles. The quantitative estimate of drug-likeness (QED) is 0.748. The zero-order valence-corrected chi connectivity index (χ0v) is 12.8. The number of nitrogens with two attached hydrogens (primary N) is 1. The van der Waals surface area contributed by atoms with Crippen molar-refractivity contribution in [3.05, 3.63) is 40.9 Å². The molecular formula is C16H22N2OS. The van der Waals surface area contributed by atoms with Gasteiger partial charge in [-0.05, 0) is 12.0 Å². The van der Waals surface area contributed by atoms with Crippen molar-refractivity contribution in [3.63, 3.8) is 0 Å². The van der Waals surface area contributed by atoms with E-state index in [4.69, 9.17) is 10.5 Å². The molecular weight excluding hydrogens is 268 g/mol. The summed E-state index contributed by atoms with van der Waals surface area (Å²) in [5, 5.41) is 3.04. The van der Waals surface area contributed by atoms with Crippen molar-refractivity contribution in [3.8, 4) is 10.6 Å². The first-order chi connectivity index (χ1) is 9.83. The summed E-state index contributed by atoms with van der Waals surface area (Å²) < 4.78 is 5.66. The van der Waals surface area contributed by atoms with Gasteiger partial charge >= 0.3 is 0 Å². The van der Waals surface area contributed by atoms with Gasteiger partial charge in [0.2, 0.25) is 0 Å². The Hall–Kier alpha value is -1.23. The molecule has 2 rings (SSSR count). The lowest BCUT2D eigenvalue weighted by atomic mass is 10.1. The average Bonchev–Trinajstić information content (AvgIpc) is 2.97. The molecule has 0 aliphatic carbocycles. The molecule has 0 saturated carbocycles. The van der Waals surface area contributed by atoms with Crippen molar-refractivity contribution in [2.45, 2.75) is 39.3 Å². The van der Waals surface area contributed by atoms with Gasteiger partial charge < -0.3 is 10.5 Å². The Morgan fingerprint density at radius 2 is 2.00 bits per heavy atom. The highest BCUT2D eigenvalue weighted by Gasteiger charge is 2.03. The van der Waals surface area contributed by atoms with E-state index in [0.717, 1.165) is 29.3 Å². The zero-order chi connectivity index (χ0) is 14.2. The molecule has 0 radical (unpaired) electrons. The summed E-state index contributed by atoms with van der Waals surface area (Å²) in [7, 11) is 0. The van der Waals surface area contributed by atoms with Gasteiger partial charge in [0.05, 0.1) is 12.3 Å². The predicted molar refractivity (Wildman–Crippen MR) is 84.6 cm³/mol. The van der Waals surface area contributed by atoms with Gasteiger partial charge in [0, 0.05) is 24.1 Å². The number of unbranched alkanes of at least 4 members (excludes halogenated alkanes) is 2. The van der Waals surface area contributed by atoms with Crippen LogP contribution in [0.2, 0.25) is 0 Å². The van der Waals surface area contributed by atoms with E-state index in [1.54, 1.807) is 11.3 Å². The molecule has 0 aliphatic rings. The van der Waals surface area contributed by atoms with Gasteiger partial charge in [0.25, 0.3) is 0 Å². The van der Waals surface area contributed by atoms with Gasteiger partial charge in [-0.3, -0.25) is 0 Å². The number of hydrogen-bond acceptors (Lipinski definition) is 4. The van der Waals surface area contributed by atoms with E-state index >= 15 is 0 Å². The molecule has 4 heteroatoms. The molecule has 0 amide bonds. The van der Waals surface area contributed by atoms with Crippen LogP contribution in [0.25, 0.3) is 10.6 Å². The number of hydrogen-bond donors (Lipinski definition) is 1. The van der Waals surface area contributed by atoms with Gasteiger partial charge in [-0.2, -0.15) is 0 Å². The minimum absolute atomic E-state index is 0.500. The SMILES string of the molecule is CCCCCOCc1ccc(-c2nc(CN)cs2)cc1. The van der Waals surface area contributed by atoms with E-state index in [-0.39, 0.29) is 0 Å². The van der Waals surface area contributed by atoms with Crippen LogP contribution in [-0.2, 0) is 17.9 Å². The van der Waals surface area contributed by atoms with E-state index < -0.39 is 0 Å². The second-order valence-corrected chi connectivity index (χ2v) is 5.66. The number of benzene rings is 1. The first-order valence-corrected chi connectivity index (χ1v) is 8.03. The topological polar surface area (TPSA) is 48.1 Å². The molecule has 1 aromatic carbocycles. The van der Waals surface area contributed by atoms with Crippen LogP contribution < -0.4 is 5.73 Å². The summed E-state index contributed by atoms with van der Waals surface area (Å²) in [5.41, 5.74) is 8.89. The largest absolute Gasteiger partial charge is 0.377 e. The van der Waals surface area contributed by atoms with Gasteiger partial charge in [0.15, 0.2) is 0 Å². The fraction of sp³-hybridized carbons (Fsp3) is 0.438. The normalized spacial score (nSPS) is 10.9. The van der Waals surface area contributed by atoms with Crippen LogP contribution in [0.1, 0.15) is 37.4 Å². The van der Waals surface area contributed by atoms with Crippen LogP contribution in [-0.4, -0.2) is 11.6 Å². The molecule has 0 bridgehead atoms. The van der Waals surface area contributed by atoms with E-state index in [0.29, 0.717) is 13.2 Å². The fourth-order valence-electron chi connectivity index (χ4n) is 1.92. The van der Waals surface area contributed by atoms with E-state index in [9.17, 15) is 0 Å². The summed E-state index contributed by atoms with van der Waals surface area (Å²) in [5.74, 6) is 0. The van der Waals surface area contributed by atoms with E-state index in [1.165, 1.54) is 18.4 Å². The molecule has 0 unspecified atom stereocenters. The Balaban J connectivity index is 1.86. The maximum atomic E-state index is 5.66. The fourth-order valence-corrected chi connectivity index (χ4v) is 2.76. The highest BCUT2D eigenvalue weighted by atomic mass is 32.1. The summed E-state index contributed by atoms with van der Waals surface area (Å²) >= 11 is 1.64. The number of ether oxygens (including phenoxy) is 1. The number of rotatable bonds is 8. The predicted octanol–water partition coefficient (Wildman–Crippen LogP) is 3.98. The van der Waals surface area contributed by atoms with Crippen LogP contribution in [0.3, 0.4) is 0 Å². The zero-order valence-electron chi connectivity index (χ0n) is 12.0. The van der Waals surface area contributed by atoms with Gasteiger partial charge in [0.1, 0.15) is 5.01 Å². The smallest absolute Gasteiger partial charge is 0.123 e. The molecule has 2 aromatic rings. The van der Waals surface area contributed by atoms with E-state index in [2.05, 4.69) is 36.2 Å². The third-order valence-electron chi connectivity index (χ3n) is 3.12. The van der Waals surface area contributed by atoms with E-state index in [1.807, 2.05) is 5.38 Å². The number of thiazole rings is 1. The monoisotopic (exact) mass is 290 g/mol. The third kappa shape index (κ3) is 4.40. The molecule has 1 aromatic heterocycles. The molecule has 3 nitrogen and oxygen atoms in total. The van der Waals surface area contributed by atoms with Gasteiger partial charge in [-0.25, -0.2) is 4.98 Å². The van der Waals surface area contributed by atoms with Crippen molar-refractivity contribution in [2.75, 3.05) is 6.61 Å². The molecule has 1 heterocycles. The average molecular weight is 290 g/mol. The molecule has 0 spiro atoms. The highest BCUT2D eigenvalue weighted by molar-refractivity contribution is 7.13. The summed E-state index contributed by atoms with van der Waals surface area (Å²) in [6.07, 6.45) is 3.62. The lowest BCUT2D eigenvalue weighted by molar-refractivity contribution is 0.117. The first-order valence-electron chi connectivity index (χ1n) is 7.15.